The number of rotatable bonds is 6. The molecule has 2 saturated heterocycles. The van der Waals surface area contributed by atoms with Gasteiger partial charge in [0.1, 0.15) is 5.60 Å². The Morgan fingerprint density at radius 3 is 2.47 bits per heavy atom. The van der Waals surface area contributed by atoms with E-state index >= 15 is 0 Å². The second-order valence-corrected chi connectivity index (χ2v) is 10.2. The first-order valence-electron chi connectivity index (χ1n) is 11.8. The molecule has 1 amide bonds. The Balaban J connectivity index is 1.64. The number of hydrogen-bond donors (Lipinski definition) is 2. The highest BCUT2D eigenvalue weighted by Crippen LogP contribution is 2.36. The molecule has 32 heavy (non-hydrogen) atoms. The van der Waals surface area contributed by atoms with Crippen LogP contribution in [-0.2, 0) is 11.8 Å². The van der Waals surface area contributed by atoms with Crippen molar-refractivity contribution in [3.63, 3.8) is 0 Å². The lowest BCUT2D eigenvalue weighted by molar-refractivity contribution is 0.00545. The van der Waals surface area contributed by atoms with Crippen LogP contribution in [0, 0.1) is 0 Å². The van der Waals surface area contributed by atoms with Gasteiger partial charge in [-0.2, -0.15) is 5.10 Å². The fourth-order valence-electron chi connectivity index (χ4n) is 4.78. The largest absolute Gasteiger partial charge is 0.444 e. The van der Waals surface area contributed by atoms with Crippen LogP contribution in [-0.4, -0.2) is 82.5 Å². The smallest absolute Gasteiger partial charge is 0.410 e. The normalized spacial score (nSPS) is 24.6. The molecule has 3 atom stereocenters. The van der Waals surface area contributed by atoms with Crippen molar-refractivity contribution in [1.29, 1.82) is 0 Å². The molecule has 180 valence electrons. The molecule has 1 aromatic heterocycles. The van der Waals surface area contributed by atoms with Crippen LogP contribution in [0.1, 0.15) is 65.0 Å². The number of likely N-dealkylation sites (N-methyl/N-ethyl adjacent to an activating group) is 1. The maximum atomic E-state index is 12.7. The molecule has 2 fully saturated rings. The Bertz CT molecular complexity index is 785. The third-order valence-corrected chi connectivity index (χ3v) is 6.18. The van der Waals surface area contributed by atoms with E-state index in [9.17, 15) is 4.79 Å². The molecule has 0 radical (unpaired) electrons. The monoisotopic (exact) mass is 447 g/mol. The summed E-state index contributed by atoms with van der Waals surface area (Å²) >= 11 is 0. The van der Waals surface area contributed by atoms with Crippen LogP contribution in [0.5, 0.6) is 0 Å². The number of carbonyl (C=O) groups is 1. The summed E-state index contributed by atoms with van der Waals surface area (Å²) in [6, 6.07) is 0.910. The summed E-state index contributed by atoms with van der Waals surface area (Å²) in [5, 5.41) is 11.3. The van der Waals surface area contributed by atoms with Gasteiger partial charge in [-0.25, -0.2) is 4.79 Å². The zero-order chi connectivity index (χ0) is 23.5. The molecule has 9 heteroatoms. The Morgan fingerprint density at radius 2 is 1.97 bits per heavy atom. The molecule has 9 nitrogen and oxygen atoms in total. The van der Waals surface area contributed by atoms with Gasteiger partial charge < -0.3 is 25.2 Å². The van der Waals surface area contributed by atoms with Crippen molar-refractivity contribution >= 4 is 12.1 Å². The first-order valence-corrected chi connectivity index (χ1v) is 11.8. The number of hydrogen-bond acceptors (Lipinski definition) is 5. The molecule has 0 spiro atoms. The van der Waals surface area contributed by atoms with Gasteiger partial charge in [0.2, 0.25) is 0 Å². The SMILES string of the molecule is CCNC(=NCC(c1cnn(C)c1)N(C)C)NC1CC2CCC(C1)N2C(=O)OC(C)(C)C. The van der Waals surface area contributed by atoms with Gasteiger partial charge in [0, 0.05) is 43.5 Å². The first-order chi connectivity index (χ1) is 15.1. The molecule has 2 aliphatic heterocycles. The van der Waals surface area contributed by atoms with Gasteiger partial charge in [-0.1, -0.05) is 0 Å². The third-order valence-electron chi connectivity index (χ3n) is 6.18. The van der Waals surface area contributed by atoms with Crippen molar-refractivity contribution in [1.82, 2.24) is 30.2 Å². The summed E-state index contributed by atoms with van der Waals surface area (Å²) in [5.41, 5.74) is 0.689. The lowest BCUT2D eigenvalue weighted by Crippen LogP contribution is -2.55. The number of guanidine groups is 1. The number of aliphatic imine (C=N–C) groups is 1. The zero-order valence-corrected chi connectivity index (χ0v) is 20.8. The van der Waals surface area contributed by atoms with E-state index in [0.29, 0.717) is 12.6 Å². The van der Waals surface area contributed by atoms with Gasteiger partial charge in [-0.05, 0) is 67.5 Å². The minimum absolute atomic E-state index is 0.157. The van der Waals surface area contributed by atoms with E-state index < -0.39 is 5.60 Å². The number of ether oxygens (including phenoxy) is 1. The van der Waals surface area contributed by atoms with Gasteiger partial charge in [0.15, 0.2) is 5.96 Å². The van der Waals surface area contributed by atoms with Gasteiger partial charge in [-0.15, -0.1) is 0 Å². The van der Waals surface area contributed by atoms with E-state index in [1.54, 1.807) is 0 Å². The molecular formula is C23H41N7O2. The molecule has 0 aliphatic carbocycles. The summed E-state index contributed by atoms with van der Waals surface area (Å²) in [6.07, 6.45) is 7.70. The number of amides is 1. The van der Waals surface area contributed by atoms with E-state index in [1.165, 1.54) is 0 Å². The Kier molecular flexibility index (Phi) is 7.69. The Morgan fingerprint density at radius 1 is 1.31 bits per heavy atom. The molecule has 3 heterocycles. The van der Waals surface area contributed by atoms with Crippen LogP contribution in [0.15, 0.2) is 17.4 Å². The highest BCUT2D eigenvalue weighted by Gasteiger charge is 2.45. The van der Waals surface area contributed by atoms with Gasteiger partial charge in [-0.3, -0.25) is 9.67 Å². The molecule has 3 rings (SSSR count). The minimum Gasteiger partial charge on any atom is -0.444 e. The lowest BCUT2D eigenvalue weighted by atomic mass is 9.98. The molecule has 0 saturated carbocycles. The number of aromatic nitrogens is 2. The average molecular weight is 448 g/mol. The predicted molar refractivity (Wildman–Crippen MR) is 127 cm³/mol. The maximum absolute atomic E-state index is 12.7. The lowest BCUT2D eigenvalue weighted by Gasteiger charge is -2.40. The van der Waals surface area contributed by atoms with Crippen molar-refractivity contribution in [2.45, 2.75) is 83.1 Å². The number of nitrogens with zero attached hydrogens (tertiary/aromatic N) is 5. The van der Waals surface area contributed by atoms with Crippen LogP contribution in [0.25, 0.3) is 0 Å². The summed E-state index contributed by atoms with van der Waals surface area (Å²) in [5.74, 6) is 0.832. The highest BCUT2D eigenvalue weighted by atomic mass is 16.6. The third kappa shape index (κ3) is 6.15. The van der Waals surface area contributed by atoms with E-state index in [4.69, 9.17) is 9.73 Å². The molecular weight excluding hydrogens is 406 g/mol. The maximum Gasteiger partial charge on any atom is 0.410 e. The first kappa shape index (κ1) is 24.4. The molecule has 0 aromatic carbocycles. The number of piperidine rings is 1. The fourth-order valence-corrected chi connectivity index (χ4v) is 4.78. The van der Waals surface area contributed by atoms with E-state index in [0.717, 1.165) is 43.8 Å². The second-order valence-electron chi connectivity index (χ2n) is 10.2. The van der Waals surface area contributed by atoms with Crippen LogP contribution < -0.4 is 10.6 Å². The summed E-state index contributed by atoms with van der Waals surface area (Å²) in [6.45, 7) is 9.29. The fraction of sp³-hybridized carbons (Fsp3) is 0.783. The average Bonchev–Trinajstić information content (AvgIpc) is 3.21. The predicted octanol–water partition coefficient (Wildman–Crippen LogP) is 2.51. The van der Waals surface area contributed by atoms with Crippen LogP contribution >= 0.6 is 0 Å². The van der Waals surface area contributed by atoms with Crippen molar-refractivity contribution < 1.29 is 9.53 Å². The number of aryl methyl sites for hydroxylation is 1. The quantitative estimate of drug-likeness (QED) is 0.515. The van der Waals surface area contributed by atoms with Crippen LogP contribution in [0.3, 0.4) is 0 Å². The Labute approximate surface area is 192 Å². The van der Waals surface area contributed by atoms with E-state index in [1.807, 2.05) is 49.8 Å². The summed E-state index contributed by atoms with van der Waals surface area (Å²) < 4.78 is 7.49. The molecule has 1 aromatic rings. The number of fused-ring (bicyclic) bond motifs is 2. The van der Waals surface area contributed by atoms with Crippen molar-refractivity contribution in [3.8, 4) is 0 Å². The minimum atomic E-state index is -0.465. The highest BCUT2D eigenvalue weighted by molar-refractivity contribution is 5.80. The van der Waals surface area contributed by atoms with E-state index in [2.05, 4.69) is 41.7 Å². The molecule has 2 bridgehead atoms. The summed E-state index contributed by atoms with van der Waals surface area (Å²) in [4.78, 5) is 21.8. The molecule has 2 N–H and O–H groups in total. The number of carbonyl (C=O) groups excluding carboxylic acids is 1. The van der Waals surface area contributed by atoms with Crippen molar-refractivity contribution in [2.75, 3.05) is 27.2 Å². The van der Waals surface area contributed by atoms with Crippen molar-refractivity contribution in [3.05, 3.63) is 18.0 Å². The van der Waals surface area contributed by atoms with Gasteiger partial charge in [0.05, 0.1) is 18.8 Å². The van der Waals surface area contributed by atoms with Crippen LogP contribution in [0.2, 0.25) is 0 Å². The molecule has 2 aliphatic rings. The van der Waals surface area contributed by atoms with Crippen molar-refractivity contribution in [2.24, 2.45) is 12.0 Å². The summed E-state index contributed by atoms with van der Waals surface area (Å²) in [7, 11) is 6.07. The zero-order valence-electron chi connectivity index (χ0n) is 20.8. The second kappa shape index (κ2) is 10.1. The Hall–Kier alpha value is -2.29. The topological polar surface area (TPSA) is 87.0 Å². The van der Waals surface area contributed by atoms with Crippen LogP contribution in [0.4, 0.5) is 4.79 Å². The van der Waals surface area contributed by atoms with Gasteiger partial charge >= 0.3 is 6.09 Å². The van der Waals surface area contributed by atoms with E-state index in [-0.39, 0.29) is 24.2 Å². The van der Waals surface area contributed by atoms with Gasteiger partial charge in [0.25, 0.3) is 0 Å². The number of nitrogens with one attached hydrogen (secondary N) is 2. The molecule has 3 unspecified atom stereocenters. The standard InChI is InChI=1S/C23H41N7O2/c1-8-24-21(25-14-20(28(5)6)16-13-26-29(7)15-16)27-17-11-18-9-10-19(12-17)30(18)22(31)32-23(2,3)4/h13,15,17-20H,8-12,14H2,1-7H3,(H2,24,25,27).